The van der Waals surface area contributed by atoms with E-state index in [1.807, 2.05) is 6.07 Å². The van der Waals surface area contributed by atoms with Crippen LogP contribution in [0.3, 0.4) is 0 Å². The fourth-order valence-corrected chi connectivity index (χ4v) is 2.12. The molecule has 0 aromatic heterocycles. The van der Waals surface area contributed by atoms with Gasteiger partial charge in [0.2, 0.25) is 0 Å². The van der Waals surface area contributed by atoms with E-state index < -0.39 is 0 Å². The predicted octanol–water partition coefficient (Wildman–Crippen LogP) is 3.90. The van der Waals surface area contributed by atoms with E-state index in [2.05, 4.69) is 44.7 Å². The van der Waals surface area contributed by atoms with Crippen LogP contribution in [0.25, 0.3) is 0 Å². The van der Waals surface area contributed by atoms with Crippen molar-refractivity contribution in [2.45, 2.75) is 46.5 Å². The molecule has 110 valence electrons. The lowest BCUT2D eigenvalue weighted by molar-refractivity contribution is 0.233. The van der Waals surface area contributed by atoms with E-state index in [4.69, 9.17) is 10.5 Å². The average molecular weight is 273 g/mol. The molecule has 1 atom stereocenters. The molecule has 1 aromatic carbocycles. The lowest BCUT2D eigenvalue weighted by atomic mass is 10.0. The van der Waals surface area contributed by atoms with E-state index in [1.165, 1.54) is 24.8 Å². The molecule has 0 heterocycles. The molecule has 2 heteroatoms. The summed E-state index contributed by atoms with van der Waals surface area (Å²) in [4.78, 5) is 0. The van der Waals surface area contributed by atoms with Crippen molar-refractivity contribution >= 4 is 0 Å². The monoisotopic (exact) mass is 273 g/mol. The molecular formula is C18H27NO. The first-order chi connectivity index (χ1) is 9.71. The van der Waals surface area contributed by atoms with E-state index in [1.54, 1.807) is 0 Å². The Hall–Kier alpha value is -1.46. The topological polar surface area (TPSA) is 35.2 Å². The third kappa shape index (κ3) is 5.67. The summed E-state index contributed by atoms with van der Waals surface area (Å²) in [6.45, 7) is 7.67. The molecular weight excluding hydrogens is 246 g/mol. The highest BCUT2D eigenvalue weighted by Crippen LogP contribution is 2.21. The zero-order valence-electron chi connectivity index (χ0n) is 13.0. The highest BCUT2D eigenvalue weighted by molar-refractivity contribution is 5.48. The number of unbranched alkanes of at least 4 members (excludes halogenated alkanes) is 1. The molecule has 1 aromatic rings. The van der Waals surface area contributed by atoms with Crippen molar-refractivity contribution in [1.29, 1.82) is 0 Å². The first kappa shape index (κ1) is 16.6. The van der Waals surface area contributed by atoms with Gasteiger partial charge in [-0.15, -0.1) is 0 Å². The van der Waals surface area contributed by atoms with Gasteiger partial charge in [0.1, 0.15) is 5.75 Å². The van der Waals surface area contributed by atoms with Crippen molar-refractivity contribution in [3.63, 3.8) is 0 Å². The Morgan fingerprint density at radius 3 is 2.75 bits per heavy atom. The molecule has 0 aliphatic carbocycles. The Morgan fingerprint density at radius 2 is 2.10 bits per heavy atom. The number of hydrogen-bond donors (Lipinski definition) is 1. The van der Waals surface area contributed by atoms with Gasteiger partial charge in [-0.05, 0) is 37.0 Å². The van der Waals surface area contributed by atoms with Gasteiger partial charge in [0, 0.05) is 0 Å². The molecule has 0 radical (unpaired) electrons. The summed E-state index contributed by atoms with van der Waals surface area (Å²) >= 11 is 0. The molecule has 0 amide bonds. The van der Waals surface area contributed by atoms with Gasteiger partial charge in [0.05, 0.1) is 18.7 Å². The maximum atomic E-state index is 6.00. The molecule has 20 heavy (non-hydrogen) atoms. The number of nitrogens with two attached hydrogens (primary N) is 1. The summed E-state index contributed by atoms with van der Waals surface area (Å²) in [5.74, 6) is 7.52. The van der Waals surface area contributed by atoms with Gasteiger partial charge < -0.3 is 10.5 Å². The van der Waals surface area contributed by atoms with Crippen LogP contribution < -0.4 is 10.5 Å². The second kappa shape index (κ2) is 9.44. The summed E-state index contributed by atoms with van der Waals surface area (Å²) in [6, 6.07) is 6.14. The van der Waals surface area contributed by atoms with Gasteiger partial charge in [-0.3, -0.25) is 0 Å². The third-order valence-corrected chi connectivity index (χ3v) is 3.48. The Morgan fingerprint density at radius 1 is 1.30 bits per heavy atom. The highest BCUT2D eigenvalue weighted by atomic mass is 16.5. The summed E-state index contributed by atoms with van der Waals surface area (Å²) in [5.41, 5.74) is 7.59. The zero-order valence-corrected chi connectivity index (χ0v) is 13.0. The normalized spacial score (nSPS) is 11.6. The molecule has 1 rings (SSSR count). The van der Waals surface area contributed by atoms with Crippen LogP contribution >= 0.6 is 0 Å². The third-order valence-electron chi connectivity index (χ3n) is 3.48. The summed E-state index contributed by atoms with van der Waals surface area (Å²) in [5, 5.41) is 0. The van der Waals surface area contributed by atoms with Crippen molar-refractivity contribution < 1.29 is 4.74 Å². The van der Waals surface area contributed by atoms with E-state index in [9.17, 15) is 0 Å². The second-order valence-corrected chi connectivity index (χ2v) is 5.23. The summed E-state index contributed by atoms with van der Waals surface area (Å²) in [6.07, 6.45) is 4.92. The van der Waals surface area contributed by atoms with Crippen molar-refractivity contribution in [3.8, 4) is 17.6 Å². The zero-order chi connectivity index (χ0) is 14.8. The Kier molecular flexibility index (Phi) is 7.84. The van der Waals surface area contributed by atoms with Gasteiger partial charge in [0.25, 0.3) is 0 Å². The number of aryl methyl sites for hydroxylation is 1. The van der Waals surface area contributed by atoms with Crippen molar-refractivity contribution in [1.82, 2.24) is 0 Å². The quantitative estimate of drug-likeness (QED) is 0.765. The van der Waals surface area contributed by atoms with Crippen LogP contribution in [0, 0.1) is 24.7 Å². The molecule has 0 saturated heterocycles. The molecule has 1 unspecified atom stereocenters. The standard InChI is InChI=1S/C18H27NO/c1-4-6-8-16(5-2)14-20-18-11-10-15(3)13-17(18)9-7-12-19/h10-11,13,16H,4-6,8,12,14,19H2,1-3H3. The first-order valence-electron chi connectivity index (χ1n) is 7.63. The fraction of sp³-hybridized carbons (Fsp3) is 0.556. The van der Waals surface area contributed by atoms with E-state index >= 15 is 0 Å². The van der Waals surface area contributed by atoms with Crippen LogP contribution in [-0.2, 0) is 0 Å². The van der Waals surface area contributed by atoms with E-state index in [0.717, 1.165) is 24.3 Å². The molecule has 0 saturated carbocycles. The Labute approximate surface area is 123 Å². The average Bonchev–Trinajstić information content (AvgIpc) is 2.46. The van der Waals surface area contributed by atoms with E-state index in [0.29, 0.717) is 12.5 Å². The van der Waals surface area contributed by atoms with Gasteiger partial charge >= 0.3 is 0 Å². The SMILES string of the molecule is CCCCC(CC)COc1ccc(C)cc1C#CCN. The number of rotatable bonds is 7. The van der Waals surface area contributed by atoms with Gasteiger partial charge in [-0.25, -0.2) is 0 Å². The van der Waals surface area contributed by atoms with Gasteiger partial charge in [-0.1, -0.05) is 51.0 Å². The molecule has 0 fully saturated rings. The molecule has 0 aliphatic rings. The molecule has 0 bridgehead atoms. The van der Waals surface area contributed by atoms with Crippen LogP contribution in [0.2, 0.25) is 0 Å². The highest BCUT2D eigenvalue weighted by Gasteiger charge is 2.08. The summed E-state index contributed by atoms with van der Waals surface area (Å²) in [7, 11) is 0. The number of hydrogen-bond acceptors (Lipinski definition) is 2. The van der Waals surface area contributed by atoms with Crippen LogP contribution in [-0.4, -0.2) is 13.2 Å². The number of benzene rings is 1. The maximum absolute atomic E-state index is 6.00. The molecule has 2 N–H and O–H groups in total. The lowest BCUT2D eigenvalue weighted by Gasteiger charge is -2.16. The minimum atomic E-state index is 0.376. The second-order valence-electron chi connectivity index (χ2n) is 5.23. The predicted molar refractivity (Wildman–Crippen MR) is 85.9 cm³/mol. The number of ether oxygens (including phenoxy) is 1. The smallest absolute Gasteiger partial charge is 0.134 e. The largest absolute Gasteiger partial charge is 0.492 e. The van der Waals surface area contributed by atoms with Crippen molar-refractivity contribution in [2.75, 3.05) is 13.2 Å². The Balaban J connectivity index is 2.70. The minimum Gasteiger partial charge on any atom is -0.492 e. The lowest BCUT2D eigenvalue weighted by Crippen LogP contribution is -2.12. The first-order valence-corrected chi connectivity index (χ1v) is 7.63. The molecule has 2 nitrogen and oxygen atoms in total. The minimum absolute atomic E-state index is 0.376. The fourth-order valence-electron chi connectivity index (χ4n) is 2.12. The van der Waals surface area contributed by atoms with Crippen molar-refractivity contribution in [3.05, 3.63) is 29.3 Å². The van der Waals surface area contributed by atoms with Crippen LogP contribution in [0.15, 0.2) is 18.2 Å². The molecule has 0 spiro atoms. The van der Waals surface area contributed by atoms with Gasteiger partial charge in [0.15, 0.2) is 0 Å². The van der Waals surface area contributed by atoms with Crippen molar-refractivity contribution in [2.24, 2.45) is 11.7 Å². The van der Waals surface area contributed by atoms with Crippen LogP contribution in [0.4, 0.5) is 0 Å². The van der Waals surface area contributed by atoms with Crippen LogP contribution in [0.1, 0.15) is 50.7 Å². The maximum Gasteiger partial charge on any atom is 0.134 e. The van der Waals surface area contributed by atoms with E-state index in [-0.39, 0.29) is 0 Å². The van der Waals surface area contributed by atoms with Crippen LogP contribution in [0.5, 0.6) is 5.75 Å². The van der Waals surface area contributed by atoms with Gasteiger partial charge in [-0.2, -0.15) is 0 Å². The molecule has 0 aliphatic heterocycles. The summed E-state index contributed by atoms with van der Waals surface area (Å²) < 4.78 is 6.00. The Bertz CT molecular complexity index is 456.